The minimum atomic E-state index is -0.124. The second-order valence-corrected chi connectivity index (χ2v) is 5.50. The van der Waals surface area contributed by atoms with Crippen LogP contribution in [0.15, 0.2) is 11.1 Å². The largest absolute Gasteiger partial charge is 0.396 e. The highest BCUT2D eigenvalue weighted by Gasteiger charge is 2.19. The fraction of sp³-hybridized carbons (Fsp3) is 0.600. The summed E-state index contributed by atoms with van der Waals surface area (Å²) in [5, 5.41) is 9.60. The molecule has 0 aliphatic heterocycles. The average Bonchev–Trinajstić information content (AvgIpc) is 2.24. The van der Waals surface area contributed by atoms with Crippen molar-refractivity contribution in [2.24, 2.45) is 5.84 Å². The number of aromatic nitrogens is 2. The molecular weight excluding hydrogens is 224 g/mol. The van der Waals surface area contributed by atoms with Crippen molar-refractivity contribution >= 4 is 17.6 Å². The van der Waals surface area contributed by atoms with Gasteiger partial charge in [-0.25, -0.2) is 15.8 Å². The van der Waals surface area contributed by atoms with E-state index in [2.05, 4.69) is 15.4 Å². The fourth-order valence-corrected chi connectivity index (χ4v) is 1.70. The molecule has 5 nitrogen and oxygen atoms in total. The van der Waals surface area contributed by atoms with Crippen LogP contribution in [0.1, 0.15) is 26.6 Å². The Morgan fingerprint density at radius 3 is 2.62 bits per heavy atom. The molecule has 4 N–H and O–H groups in total. The number of nitrogens with two attached hydrogens (primary N) is 1. The first-order chi connectivity index (χ1) is 7.47. The second kappa shape index (κ2) is 5.47. The summed E-state index contributed by atoms with van der Waals surface area (Å²) in [7, 11) is 0. The zero-order valence-corrected chi connectivity index (χ0v) is 10.6. The van der Waals surface area contributed by atoms with Crippen LogP contribution in [-0.4, -0.2) is 27.4 Å². The number of hydrazine groups is 1. The molecule has 0 radical (unpaired) electrons. The number of nitrogens with one attached hydrogen (secondary N) is 1. The molecule has 0 aliphatic carbocycles. The Morgan fingerprint density at radius 1 is 1.44 bits per heavy atom. The molecule has 1 aromatic rings. The zero-order chi connectivity index (χ0) is 12.2. The lowest BCUT2D eigenvalue weighted by Crippen LogP contribution is -2.19. The highest BCUT2D eigenvalue weighted by molar-refractivity contribution is 7.99. The van der Waals surface area contributed by atoms with Crippen LogP contribution in [0.5, 0.6) is 0 Å². The van der Waals surface area contributed by atoms with Crippen LogP contribution < -0.4 is 11.3 Å². The summed E-state index contributed by atoms with van der Waals surface area (Å²) < 4.78 is 0. The Labute approximate surface area is 99.8 Å². The standard InChI is InChI=1S/C10H18N4OS/c1-10(2,3)9-12-7(14-11)6-8(13-9)16-5-4-15/h6,15H,4-5,11H2,1-3H3,(H,12,13,14). The highest BCUT2D eigenvalue weighted by Crippen LogP contribution is 2.24. The number of anilines is 1. The van der Waals surface area contributed by atoms with Gasteiger partial charge in [-0.2, -0.15) is 0 Å². The van der Waals surface area contributed by atoms with Crippen LogP contribution in [0, 0.1) is 0 Å². The maximum Gasteiger partial charge on any atom is 0.144 e. The van der Waals surface area contributed by atoms with Gasteiger partial charge in [0.05, 0.1) is 6.61 Å². The van der Waals surface area contributed by atoms with E-state index in [4.69, 9.17) is 10.9 Å². The van der Waals surface area contributed by atoms with Crippen molar-refractivity contribution < 1.29 is 5.11 Å². The molecule has 0 saturated carbocycles. The number of aliphatic hydroxyl groups excluding tert-OH is 1. The molecule has 0 spiro atoms. The number of hydrogen-bond acceptors (Lipinski definition) is 6. The average molecular weight is 242 g/mol. The number of hydrogen-bond donors (Lipinski definition) is 3. The van der Waals surface area contributed by atoms with E-state index in [9.17, 15) is 0 Å². The monoisotopic (exact) mass is 242 g/mol. The topological polar surface area (TPSA) is 84.1 Å². The molecule has 0 bridgehead atoms. The van der Waals surface area contributed by atoms with Crippen molar-refractivity contribution in [3.63, 3.8) is 0 Å². The molecule has 1 heterocycles. The number of rotatable bonds is 4. The number of aliphatic hydroxyl groups is 1. The summed E-state index contributed by atoms with van der Waals surface area (Å²) in [6, 6.07) is 1.77. The van der Waals surface area contributed by atoms with Crippen LogP contribution in [0.25, 0.3) is 0 Å². The van der Waals surface area contributed by atoms with E-state index >= 15 is 0 Å². The first-order valence-electron chi connectivity index (χ1n) is 5.07. The molecule has 1 aromatic heterocycles. The normalized spacial score (nSPS) is 11.6. The molecule has 0 aliphatic rings. The van der Waals surface area contributed by atoms with E-state index in [1.54, 1.807) is 6.07 Å². The molecule has 0 fully saturated rings. The van der Waals surface area contributed by atoms with Crippen LogP contribution >= 0.6 is 11.8 Å². The molecule has 0 aromatic carbocycles. The summed E-state index contributed by atoms with van der Waals surface area (Å²) in [4.78, 5) is 8.74. The van der Waals surface area contributed by atoms with Crippen molar-refractivity contribution in [2.45, 2.75) is 31.2 Å². The first kappa shape index (κ1) is 13.2. The predicted octanol–water partition coefficient (Wildman–Crippen LogP) is 1.14. The number of nitrogens with zero attached hydrogens (tertiary/aromatic N) is 2. The van der Waals surface area contributed by atoms with Gasteiger partial charge < -0.3 is 10.5 Å². The second-order valence-electron chi connectivity index (χ2n) is 4.38. The minimum absolute atomic E-state index is 0.124. The summed E-state index contributed by atoms with van der Waals surface area (Å²) in [5.41, 5.74) is 2.41. The number of thioether (sulfide) groups is 1. The van der Waals surface area contributed by atoms with Gasteiger partial charge in [0.15, 0.2) is 0 Å². The Hall–Kier alpha value is -0.850. The molecule has 0 saturated heterocycles. The zero-order valence-electron chi connectivity index (χ0n) is 9.82. The first-order valence-corrected chi connectivity index (χ1v) is 6.06. The van der Waals surface area contributed by atoms with Gasteiger partial charge in [-0.3, -0.25) is 0 Å². The molecule has 0 unspecified atom stereocenters. The van der Waals surface area contributed by atoms with Gasteiger partial charge >= 0.3 is 0 Å². The lowest BCUT2D eigenvalue weighted by atomic mass is 9.96. The summed E-state index contributed by atoms with van der Waals surface area (Å²) in [6.07, 6.45) is 0. The molecule has 0 atom stereocenters. The van der Waals surface area contributed by atoms with E-state index in [1.807, 2.05) is 20.8 Å². The van der Waals surface area contributed by atoms with E-state index < -0.39 is 0 Å². The molecule has 16 heavy (non-hydrogen) atoms. The van der Waals surface area contributed by atoms with Crippen LogP contribution in [-0.2, 0) is 5.41 Å². The maximum atomic E-state index is 8.78. The summed E-state index contributed by atoms with van der Waals surface area (Å²) in [5.74, 6) is 7.31. The van der Waals surface area contributed by atoms with Gasteiger partial charge in [0, 0.05) is 17.2 Å². The molecule has 1 rings (SSSR count). The minimum Gasteiger partial charge on any atom is -0.396 e. The quantitative estimate of drug-likeness (QED) is 0.318. The van der Waals surface area contributed by atoms with Crippen molar-refractivity contribution in [3.8, 4) is 0 Å². The Bertz CT molecular complexity index is 351. The van der Waals surface area contributed by atoms with Gasteiger partial charge in [0.2, 0.25) is 0 Å². The van der Waals surface area contributed by atoms with Gasteiger partial charge in [-0.1, -0.05) is 20.8 Å². The molecular formula is C10H18N4OS. The number of nitrogen functional groups attached to an aromatic ring is 1. The van der Waals surface area contributed by atoms with Gasteiger partial charge in [-0.05, 0) is 0 Å². The van der Waals surface area contributed by atoms with E-state index in [0.717, 1.165) is 10.9 Å². The van der Waals surface area contributed by atoms with E-state index in [-0.39, 0.29) is 12.0 Å². The lowest BCUT2D eigenvalue weighted by Gasteiger charge is -2.18. The van der Waals surface area contributed by atoms with Gasteiger partial charge in [0.1, 0.15) is 16.7 Å². The van der Waals surface area contributed by atoms with Crippen molar-refractivity contribution in [1.82, 2.24) is 9.97 Å². The van der Waals surface area contributed by atoms with Crippen LogP contribution in [0.4, 0.5) is 5.82 Å². The van der Waals surface area contributed by atoms with Gasteiger partial charge in [-0.15, -0.1) is 11.8 Å². The Morgan fingerprint density at radius 2 is 2.12 bits per heavy atom. The van der Waals surface area contributed by atoms with E-state index in [1.165, 1.54) is 11.8 Å². The van der Waals surface area contributed by atoms with Crippen LogP contribution in [0.2, 0.25) is 0 Å². The molecule has 90 valence electrons. The van der Waals surface area contributed by atoms with Crippen molar-refractivity contribution in [3.05, 3.63) is 11.9 Å². The summed E-state index contributed by atoms with van der Waals surface area (Å²) in [6.45, 7) is 6.26. The Balaban J connectivity index is 3.01. The third-order valence-electron chi connectivity index (χ3n) is 1.86. The van der Waals surface area contributed by atoms with Crippen molar-refractivity contribution in [2.75, 3.05) is 17.8 Å². The summed E-state index contributed by atoms with van der Waals surface area (Å²) >= 11 is 1.48. The third-order valence-corrected chi connectivity index (χ3v) is 2.75. The smallest absolute Gasteiger partial charge is 0.144 e. The fourth-order valence-electron chi connectivity index (χ4n) is 1.06. The SMILES string of the molecule is CC(C)(C)c1nc(NN)cc(SCCO)n1. The van der Waals surface area contributed by atoms with E-state index in [0.29, 0.717) is 11.6 Å². The predicted molar refractivity (Wildman–Crippen MR) is 66.4 cm³/mol. The van der Waals surface area contributed by atoms with Crippen molar-refractivity contribution in [1.29, 1.82) is 0 Å². The lowest BCUT2D eigenvalue weighted by molar-refractivity contribution is 0.322. The highest BCUT2D eigenvalue weighted by atomic mass is 32.2. The van der Waals surface area contributed by atoms with Crippen LogP contribution in [0.3, 0.4) is 0 Å². The molecule has 0 amide bonds. The maximum absolute atomic E-state index is 8.78. The van der Waals surface area contributed by atoms with Gasteiger partial charge in [0.25, 0.3) is 0 Å². The third kappa shape index (κ3) is 3.62. The molecule has 6 heteroatoms. The Kier molecular flexibility index (Phi) is 4.52.